The van der Waals surface area contributed by atoms with Crippen LogP contribution in [0.25, 0.3) is 22.4 Å². The van der Waals surface area contributed by atoms with Gasteiger partial charge in [-0.1, -0.05) is 0 Å². The highest BCUT2D eigenvalue weighted by Gasteiger charge is 2.19. The third kappa shape index (κ3) is 2.71. The van der Waals surface area contributed by atoms with Gasteiger partial charge in [-0.2, -0.15) is 5.10 Å². The number of imidazole rings is 1. The molecule has 7 nitrogen and oxygen atoms in total. The molecule has 0 saturated heterocycles. The second-order valence-corrected chi connectivity index (χ2v) is 8.58. The van der Waals surface area contributed by atoms with Crippen molar-refractivity contribution in [2.45, 2.75) is 31.2 Å². The number of aromatic nitrogens is 4. The summed E-state index contributed by atoms with van der Waals surface area (Å²) >= 11 is 0. The molecule has 2 heterocycles. The van der Waals surface area contributed by atoms with E-state index in [0.717, 1.165) is 16.9 Å². The van der Waals surface area contributed by atoms with Crippen LogP contribution in [0.3, 0.4) is 0 Å². The first kappa shape index (κ1) is 16.7. The normalized spacial score (nSPS) is 12.9. The number of nitrogens with zero attached hydrogens (tertiary/aromatic N) is 4. The molecule has 0 amide bonds. The van der Waals surface area contributed by atoms with E-state index in [4.69, 9.17) is 0 Å². The van der Waals surface area contributed by atoms with Gasteiger partial charge in [0.25, 0.3) is 0 Å². The first-order valence-electron chi connectivity index (χ1n) is 7.59. The van der Waals surface area contributed by atoms with Crippen molar-refractivity contribution in [1.29, 1.82) is 0 Å². The molecule has 0 radical (unpaired) electrons. The van der Waals surface area contributed by atoms with Crippen LogP contribution >= 0.6 is 0 Å². The molecule has 0 aliphatic heterocycles. The molecule has 128 valence electrons. The summed E-state index contributed by atoms with van der Waals surface area (Å²) in [4.78, 5) is 4.81. The van der Waals surface area contributed by atoms with E-state index in [-0.39, 0.29) is 10.4 Å². The van der Waals surface area contributed by atoms with Gasteiger partial charge in [-0.15, -0.1) is 0 Å². The standard InChI is InChI=1S/C16H21N5O2S/c1-16(2,3)21-10-11(9-18-21)15-19-13-8-12(24(22,23)17-4)6-7-14(13)20(15)5/h6-10,17H,1-5H3. The molecule has 0 unspecified atom stereocenters. The van der Waals surface area contributed by atoms with Gasteiger partial charge in [-0.05, 0) is 46.0 Å². The van der Waals surface area contributed by atoms with Gasteiger partial charge >= 0.3 is 0 Å². The highest BCUT2D eigenvalue weighted by Crippen LogP contribution is 2.26. The molecular formula is C16H21N5O2S. The molecular weight excluding hydrogens is 326 g/mol. The SMILES string of the molecule is CNS(=O)(=O)c1ccc2c(c1)nc(-c1cnn(C(C)(C)C)c1)n2C. The van der Waals surface area contributed by atoms with Crippen LogP contribution in [0.1, 0.15) is 20.8 Å². The zero-order valence-electron chi connectivity index (χ0n) is 14.4. The Morgan fingerprint density at radius 3 is 2.50 bits per heavy atom. The Labute approximate surface area is 141 Å². The molecule has 0 fully saturated rings. The van der Waals surface area contributed by atoms with Gasteiger partial charge in [0.1, 0.15) is 5.82 Å². The third-order valence-corrected chi connectivity index (χ3v) is 5.37. The summed E-state index contributed by atoms with van der Waals surface area (Å²) in [6, 6.07) is 4.93. The predicted molar refractivity (Wildman–Crippen MR) is 93.2 cm³/mol. The van der Waals surface area contributed by atoms with E-state index in [1.807, 2.05) is 22.5 Å². The summed E-state index contributed by atoms with van der Waals surface area (Å²) in [5, 5.41) is 4.40. The number of hydrogen-bond donors (Lipinski definition) is 1. The Hall–Kier alpha value is -2.19. The lowest BCUT2D eigenvalue weighted by Crippen LogP contribution is -2.21. The topological polar surface area (TPSA) is 81.8 Å². The molecule has 8 heteroatoms. The van der Waals surface area contributed by atoms with Crippen molar-refractivity contribution in [3.63, 3.8) is 0 Å². The summed E-state index contributed by atoms with van der Waals surface area (Å²) in [5.74, 6) is 0.750. The zero-order chi connectivity index (χ0) is 17.7. The van der Waals surface area contributed by atoms with Gasteiger partial charge < -0.3 is 4.57 Å². The van der Waals surface area contributed by atoms with E-state index in [2.05, 4.69) is 35.6 Å². The summed E-state index contributed by atoms with van der Waals surface area (Å²) in [6.45, 7) is 6.23. The first-order valence-corrected chi connectivity index (χ1v) is 9.07. The van der Waals surface area contributed by atoms with E-state index in [0.29, 0.717) is 5.52 Å². The van der Waals surface area contributed by atoms with Crippen LogP contribution in [-0.2, 0) is 22.6 Å². The molecule has 0 saturated carbocycles. The van der Waals surface area contributed by atoms with E-state index in [1.165, 1.54) is 7.05 Å². The number of sulfonamides is 1. The maximum atomic E-state index is 12.0. The van der Waals surface area contributed by atoms with E-state index >= 15 is 0 Å². The largest absolute Gasteiger partial charge is 0.327 e. The van der Waals surface area contributed by atoms with Gasteiger partial charge in [0.15, 0.2) is 0 Å². The summed E-state index contributed by atoms with van der Waals surface area (Å²) < 4.78 is 30.1. The Morgan fingerprint density at radius 2 is 1.92 bits per heavy atom. The van der Waals surface area contributed by atoms with Gasteiger partial charge in [-0.3, -0.25) is 4.68 Å². The number of aryl methyl sites for hydroxylation is 1. The molecule has 3 aromatic rings. The minimum atomic E-state index is -3.49. The fraction of sp³-hybridized carbons (Fsp3) is 0.375. The highest BCUT2D eigenvalue weighted by molar-refractivity contribution is 7.89. The lowest BCUT2D eigenvalue weighted by Gasteiger charge is -2.18. The van der Waals surface area contributed by atoms with Gasteiger partial charge in [0, 0.05) is 13.2 Å². The van der Waals surface area contributed by atoms with Crippen LogP contribution in [0.4, 0.5) is 0 Å². The number of hydrogen-bond acceptors (Lipinski definition) is 4. The van der Waals surface area contributed by atoms with Crippen LogP contribution in [0, 0.1) is 0 Å². The molecule has 24 heavy (non-hydrogen) atoms. The highest BCUT2D eigenvalue weighted by atomic mass is 32.2. The Kier molecular flexibility index (Phi) is 3.76. The van der Waals surface area contributed by atoms with Crippen molar-refractivity contribution >= 4 is 21.1 Å². The van der Waals surface area contributed by atoms with Crippen LogP contribution in [0.15, 0.2) is 35.5 Å². The fourth-order valence-electron chi connectivity index (χ4n) is 2.53. The van der Waals surface area contributed by atoms with Crippen molar-refractivity contribution in [2.75, 3.05) is 7.05 Å². The number of benzene rings is 1. The van der Waals surface area contributed by atoms with E-state index < -0.39 is 10.0 Å². The maximum absolute atomic E-state index is 12.0. The Morgan fingerprint density at radius 1 is 1.21 bits per heavy atom. The summed E-state index contributed by atoms with van der Waals surface area (Å²) in [5.41, 5.74) is 2.27. The minimum Gasteiger partial charge on any atom is -0.327 e. The first-order chi connectivity index (χ1) is 11.1. The Bertz CT molecular complexity index is 1010. The molecule has 0 spiro atoms. The van der Waals surface area contributed by atoms with Crippen LogP contribution in [0.5, 0.6) is 0 Å². The van der Waals surface area contributed by atoms with E-state index in [9.17, 15) is 8.42 Å². The van der Waals surface area contributed by atoms with Crippen molar-refractivity contribution in [3.05, 3.63) is 30.6 Å². The summed E-state index contributed by atoms with van der Waals surface area (Å²) in [6.07, 6.45) is 3.73. The molecule has 0 atom stereocenters. The molecule has 0 bridgehead atoms. The average molecular weight is 347 g/mol. The predicted octanol–water partition coefficient (Wildman–Crippen LogP) is 2.10. The lowest BCUT2D eigenvalue weighted by atomic mass is 10.1. The van der Waals surface area contributed by atoms with Crippen LogP contribution in [0.2, 0.25) is 0 Å². The molecule has 0 aliphatic carbocycles. The smallest absolute Gasteiger partial charge is 0.240 e. The Balaban J connectivity index is 2.13. The van der Waals surface area contributed by atoms with Crippen molar-refractivity contribution < 1.29 is 8.42 Å². The fourth-order valence-corrected chi connectivity index (χ4v) is 3.28. The third-order valence-electron chi connectivity index (χ3n) is 3.96. The van der Waals surface area contributed by atoms with Gasteiger partial charge in [0.05, 0.1) is 33.2 Å². The number of rotatable bonds is 3. The quantitative estimate of drug-likeness (QED) is 0.787. The minimum absolute atomic E-state index is 0.114. The van der Waals surface area contributed by atoms with Crippen molar-refractivity contribution in [2.24, 2.45) is 7.05 Å². The molecule has 2 aromatic heterocycles. The molecule has 1 N–H and O–H groups in total. The van der Waals surface area contributed by atoms with Crippen molar-refractivity contribution in [3.8, 4) is 11.4 Å². The average Bonchev–Trinajstić information content (AvgIpc) is 3.12. The summed E-state index contributed by atoms with van der Waals surface area (Å²) in [7, 11) is -0.188. The van der Waals surface area contributed by atoms with Crippen molar-refractivity contribution in [1.82, 2.24) is 24.1 Å². The number of fused-ring (bicyclic) bond motifs is 1. The zero-order valence-corrected chi connectivity index (χ0v) is 15.2. The molecule has 1 aromatic carbocycles. The van der Waals surface area contributed by atoms with Gasteiger partial charge in [0.2, 0.25) is 10.0 Å². The number of nitrogens with one attached hydrogen (secondary N) is 1. The lowest BCUT2D eigenvalue weighted by molar-refractivity contribution is 0.355. The monoisotopic (exact) mass is 347 g/mol. The molecule has 0 aliphatic rings. The van der Waals surface area contributed by atoms with E-state index in [1.54, 1.807) is 24.4 Å². The van der Waals surface area contributed by atoms with Gasteiger partial charge in [-0.25, -0.2) is 18.1 Å². The van der Waals surface area contributed by atoms with Crippen LogP contribution < -0.4 is 4.72 Å². The second-order valence-electron chi connectivity index (χ2n) is 6.70. The maximum Gasteiger partial charge on any atom is 0.240 e. The second kappa shape index (κ2) is 5.42. The van der Waals surface area contributed by atoms with Crippen LogP contribution in [-0.4, -0.2) is 34.8 Å². The molecule has 3 rings (SSSR count).